The molecule has 5 rings (SSSR count). The van der Waals surface area contributed by atoms with Crippen molar-refractivity contribution in [1.29, 1.82) is 0 Å². The molecule has 0 aliphatic carbocycles. The maximum Gasteiger partial charge on any atom is 0.329 e. The third kappa shape index (κ3) is 11.0. The fraction of sp³-hybridized carbons (Fsp3) is 0.379. The Bertz CT molecular complexity index is 1440. The molecule has 46 heavy (non-hydrogen) atoms. The molecule has 0 radical (unpaired) electrons. The third-order valence-electron chi connectivity index (χ3n) is 5.74. The summed E-state index contributed by atoms with van der Waals surface area (Å²) in [4.78, 5) is 24.6. The van der Waals surface area contributed by atoms with Gasteiger partial charge in [0, 0.05) is 0 Å². The second kappa shape index (κ2) is 18.1. The maximum atomic E-state index is 6.17. The molecule has 0 unspecified atom stereocenters. The van der Waals surface area contributed by atoms with Gasteiger partial charge in [0.2, 0.25) is 16.3 Å². The molecule has 17 heteroatoms. The first-order valence-electron chi connectivity index (χ1n) is 14.2. The number of rotatable bonds is 3. The number of hydrogen-bond donors (Lipinski definition) is 0. The average Bonchev–Trinajstić information content (AvgIpc) is 3.04. The fourth-order valence-corrected chi connectivity index (χ4v) is 4.01. The van der Waals surface area contributed by atoms with Crippen LogP contribution in [0.2, 0.25) is 10.6 Å². The van der Waals surface area contributed by atoms with Crippen LogP contribution in [0.15, 0.2) is 48.5 Å². The lowest BCUT2D eigenvalue weighted by Crippen LogP contribution is -2.15. The molecule has 0 amide bonds. The smallest absolute Gasteiger partial charge is 0.329 e. The number of fused-ring (bicyclic) bond motifs is 6. The molecule has 0 N–H and O–H groups in total. The highest BCUT2D eigenvalue weighted by Crippen LogP contribution is 2.41. The predicted molar refractivity (Wildman–Crippen MR) is 161 cm³/mol. The van der Waals surface area contributed by atoms with Crippen LogP contribution < -0.4 is 23.7 Å². The maximum absolute atomic E-state index is 6.17. The average molecular weight is 677 g/mol. The van der Waals surface area contributed by atoms with Gasteiger partial charge in [-0.2, -0.15) is 19.9 Å². The number of para-hydroxylation sites is 1. The number of ether oxygens (including phenoxy) is 9. The fourth-order valence-electron chi connectivity index (χ4n) is 3.72. The zero-order chi connectivity index (χ0) is 31.8. The predicted octanol–water partition coefficient (Wildman–Crippen LogP) is 4.36. The van der Waals surface area contributed by atoms with Crippen LogP contribution in [0.25, 0.3) is 0 Å². The Hall–Kier alpha value is -4.12. The summed E-state index contributed by atoms with van der Waals surface area (Å²) < 4.78 is 51.4. The summed E-state index contributed by atoms with van der Waals surface area (Å²) in [7, 11) is 0. The van der Waals surface area contributed by atoms with E-state index in [-0.39, 0.29) is 84.9 Å². The summed E-state index contributed by atoms with van der Waals surface area (Å²) in [5.74, 6) is 0.577. The normalized spacial score (nSPS) is 15.6. The van der Waals surface area contributed by atoms with E-state index in [1.165, 1.54) is 0 Å². The molecule has 0 saturated carbocycles. The van der Waals surface area contributed by atoms with Gasteiger partial charge >= 0.3 is 24.0 Å². The van der Waals surface area contributed by atoms with Crippen molar-refractivity contribution in [1.82, 2.24) is 29.9 Å². The standard InChI is InChI=1S/C29H30Cl2N6O9/c30-24-32-26-36-28(34-24)45-21-7-4-8-22(23(21)44-19-20-5-2-1-3-6-20)46-29-35-25(31)33-27(37-29)43-18-16-41-14-12-39-10-9-38-11-13-40-15-17-42-26/h1-8H,9-19H2. The van der Waals surface area contributed by atoms with Gasteiger partial charge in [-0.1, -0.05) is 36.4 Å². The van der Waals surface area contributed by atoms with E-state index in [1.54, 1.807) is 18.2 Å². The van der Waals surface area contributed by atoms with Crippen LogP contribution >= 0.6 is 23.2 Å². The van der Waals surface area contributed by atoms with E-state index in [4.69, 9.17) is 65.8 Å². The van der Waals surface area contributed by atoms with Crippen molar-refractivity contribution in [3.8, 4) is 41.3 Å². The number of halogens is 2. The Morgan fingerprint density at radius 2 is 0.935 bits per heavy atom. The minimum absolute atomic E-state index is 0.0557. The number of benzene rings is 2. The van der Waals surface area contributed by atoms with Gasteiger partial charge in [0.1, 0.15) is 19.8 Å². The summed E-state index contributed by atoms with van der Waals surface area (Å²) in [5.41, 5.74) is 0.894. The zero-order valence-corrected chi connectivity index (χ0v) is 26.0. The van der Waals surface area contributed by atoms with Gasteiger partial charge in [0.25, 0.3) is 0 Å². The molecule has 6 bridgehead atoms. The van der Waals surface area contributed by atoms with Gasteiger partial charge in [-0.15, -0.1) is 9.97 Å². The molecular formula is C29H30Cl2N6O9. The summed E-state index contributed by atoms with van der Waals surface area (Å²) >= 11 is 12.3. The molecule has 0 atom stereocenters. The molecule has 3 heterocycles. The second-order valence-corrected chi connectivity index (χ2v) is 9.72. The third-order valence-corrected chi connectivity index (χ3v) is 6.08. The van der Waals surface area contributed by atoms with Gasteiger partial charge in [-0.3, -0.25) is 0 Å². The largest absolute Gasteiger partial charge is 0.482 e. The van der Waals surface area contributed by atoms with Crippen LogP contribution in [0, 0.1) is 0 Å². The van der Waals surface area contributed by atoms with E-state index in [1.807, 2.05) is 30.3 Å². The summed E-state index contributed by atoms with van der Waals surface area (Å²) in [6.07, 6.45) is 0. The minimum Gasteiger partial charge on any atom is -0.482 e. The van der Waals surface area contributed by atoms with Crippen LogP contribution in [-0.4, -0.2) is 96.0 Å². The first-order valence-corrected chi connectivity index (χ1v) is 14.9. The van der Waals surface area contributed by atoms with Crippen molar-refractivity contribution in [2.24, 2.45) is 0 Å². The van der Waals surface area contributed by atoms with Crippen molar-refractivity contribution in [2.45, 2.75) is 6.61 Å². The molecule has 4 aromatic rings. The lowest BCUT2D eigenvalue weighted by molar-refractivity contribution is -0.00749. The number of hydrogen-bond acceptors (Lipinski definition) is 15. The second-order valence-electron chi connectivity index (χ2n) is 9.05. The molecule has 2 aromatic heterocycles. The molecule has 0 spiro atoms. The van der Waals surface area contributed by atoms with Crippen LogP contribution in [-0.2, 0) is 25.6 Å². The Kier molecular flexibility index (Phi) is 13.1. The Balaban J connectivity index is 1.39. The first-order chi connectivity index (χ1) is 22.6. The van der Waals surface area contributed by atoms with E-state index in [0.29, 0.717) is 39.6 Å². The Labute approximate surface area is 274 Å². The zero-order valence-electron chi connectivity index (χ0n) is 24.5. The van der Waals surface area contributed by atoms with Crippen LogP contribution in [0.1, 0.15) is 5.56 Å². The molecule has 2 aromatic carbocycles. The van der Waals surface area contributed by atoms with Gasteiger partial charge in [0.15, 0.2) is 11.5 Å². The summed E-state index contributed by atoms with van der Waals surface area (Å²) in [5, 5.41) is -0.283. The highest BCUT2D eigenvalue weighted by atomic mass is 35.5. The lowest BCUT2D eigenvalue weighted by atomic mass is 10.2. The monoisotopic (exact) mass is 676 g/mol. The SMILES string of the molecule is Clc1nc2nc(n1)Oc1cccc(c1OCc1ccccc1)Oc1nc(Cl)nc(n1)OCCOCCOCCOCCOCCO2. The van der Waals surface area contributed by atoms with E-state index < -0.39 is 0 Å². The van der Waals surface area contributed by atoms with Crippen LogP contribution in [0.4, 0.5) is 0 Å². The van der Waals surface area contributed by atoms with Crippen molar-refractivity contribution < 1.29 is 42.6 Å². The highest BCUT2D eigenvalue weighted by molar-refractivity contribution is 6.28. The number of aromatic nitrogens is 6. The highest BCUT2D eigenvalue weighted by Gasteiger charge is 2.19. The van der Waals surface area contributed by atoms with Gasteiger partial charge in [-0.05, 0) is 40.9 Å². The molecule has 244 valence electrons. The molecule has 0 fully saturated rings. The summed E-state index contributed by atoms with van der Waals surface area (Å²) in [6, 6.07) is 14.1. The molecule has 1 aliphatic heterocycles. The van der Waals surface area contributed by atoms with Gasteiger partial charge in [0.05, 0.1) is 52.9 Å². The number of nitrogens with zero attached hydrogens (tertiary/aromatic N) is 6. The van der Waals surface area contributed by atoms with Crippen molar-refractivity contribution in [3.05, 3.63) is 64.7 Å². The quantitative estimate of drug-likeness (QED) is 0.301. The topological polar surface area (TPSA) is 160 Å². The van der Waals surface area contributed by atoms with E-state index in [0.717, 1.165) is 5.56 Å². The Morgan fingerprint density at radius 1 is 0.500 bits per heavy atom. The van der Waals surface area contributed by atoms with Crippen LogP contribution in [0.5, 0.6) is 41.3 Å². The van der Waals surface area contributed by atoms with E-state index >= 15 is 0 Å². The summed E-state index contributed by atoms with van der Waals surface area (Å²) in [6.45, 7) is 3.37. The van der Waals surface area contributed by atoms with Crippen molar-refractivity contribution in [3.63, 3.8) is 0 Å². The molecule has 0 saturated heterocycles. The first kappa shape index (κ1) is 33.2. The van der Waals surface area contributed by atoms with Gasteiger partial charge in [-0.25, -0.2) is 0 Å². The lowest BCUT2D eigenvalue weighted by Gasteiger charge is -2.16. The van der Waals surface area contributed by atoms with E-state index in [2.05, 4.69) is 29.9 Å². The van der Waals surface area contributed by atoms with Crippen LogP contribution in [0.3, 0.4) is 0 Å². The Morgan fingerprint density at radius 3 is 1.41 bits per heavy atom. The molecular weight excluding hydrogens is 647 g/mol. The van der Waals surface area contributed by atoms with Crippen molar-refractivity contribution in [2.75, 3.05) is 66.1 Å². The molecule has 1 aliphatic rings. The van der Waals surface area contributed by atoms with Gasteiger partial charge < -0.3 is 42.6 Å². The van der Waals surface area contributed by atoms with E-state index in [9.17, 15) is 0 Å². The molecule has 15 nitrogen and oxygen atoms in total. The van der Waals surface area contributed by atoms with Crippen molar-refractivity contribution >= 4 is 23.2 Å². The minimum atomic E-state index is -0.147.